The monoisotopic (exact) mass is 102 g/mol. The Morgan fingerprint density at radius 2 is 2.29 bits per heavy atom. The van der Waals surface area contributed by atoms with Crippen LogP contribution >= 0.6 is 0 Å². The Morgan fingerprint density at radius 1 is 1.57 bits per heavy atom. The Balaban J connectivity index is 2.40. The average molecular weight is 102 g/mol. The Hall–Kier alpha value is -0.120. The van der Waals surface area contributed by atoms with Crippen molar-refractivity contribution in [2.75, 3.05) is 6.61 Å². The van der Waals surface area contributed by atoms with E-state index in [0.717, 1.165) is 6.61 Å². The molecule has 42 valence electrons. The lowest BCUT2D eigenvalue weighted by Crippen LogP contribution is -2.39. The SMILES string of the molecule is CC1(C)CONN1. The van der Waals surface area contributed by atoms with Gasteiger partial charge in [-0.1, -0.05) is 0 Å². The van der Waals surface area contributed by atoms with Crippen LogP contribution in [0.3, 0.4) is 0 Å². The van der Waals surface area contributed by atoms with E-state index in [1.165, 1.54) is 0 Å². The lowest BCUT2D eigenvalue weighted by molar-refractivity contribution is 0.0833. The Morgan fingerprint density at radius 3 is 2.43 bits per heavy atom. The van der Waals surface area contributed by atoms with Crippen LogP contribution in [0.1, 0.15) is 13.8 Å². The largest absolute Gasteiger partial charge is 0.285 e. The molecule has 1 aliphatic rings. The van der Waals surface area contributed by atoms with E-state index in [1.807, 2.05) is 0 Å². The number of hydrazine groups is 1. The summed E-state index contributed by atoms with van der Waals surface area (Å²) in [6.07, 6.45) is 0. The highest BCUT2D eigenvalue weighted by Gasteiger charge is 2.22. The van der Waals surface area contributed by atoms with Crippen LogP contribution in [0.5, 0.6) is 0 Å². The van der Waals surface area contributed by atoms with Gasteiger partial charge in [-0.3, -0.25) is 4.84 Å². The molecule has 1 rings (SSSR count). The predicted molar refractivity (Wildman–Crippen MR) is 26.3 cm³/mol. The summed E-state index contributed by atoms with van der Waals surface area (Å²) in [5.41, 5.74) is 5.60. The van der Waals surface area contributed by atoms with Crippen molar-refractivity contribution in [3.63, 3.8) is 0 Å². The second kappa shape index (κ2) is 1.43. The van der Waals surface area contributed by atoms with E-state index in [4.69, 9.17) is 4.84 Å². The maximum atomic E-state index is 4.80. The first-order valence-corrected chi connectivity index (χ1v) is 2.35. The Bertz CT molecular complexity index is 64.1. The van der Waals surface area contributed by atoms with Gasteiger partial charge in [-0.15, -0.1) is 5.59 Å². The molecule has 1 saturated heterocycles. The minimum Gasteiger partial charge on any atom is -0.285 e. The van der Waals surface area contributed by atoms with Crippen LogP contribution in [0.15, 0.2) is 0 Å². The molecule has 7 heavy (non-hydrogen) atoms. The molecule has 0 aromatic heterocycles. The first-order valence-electron chi connectivity index (χ1n) is 2.35. The fraction of sp³-hybridized carbons (Fsp3) is 1.00. The summed E-state index contributed by atoms with van der Waals surface area (Å²) in [4.78, 5) is 4.80. The molecule has 0 aromatic rings. The molecule has 0 radical (unpaired) electrons. The number of hydrogen-bond acceptors (Lipinski definition) is 3. The second-order valence-electron chi connectivity index (χ2n) is 2.40. The average Bonchev–Trinajstić information content (AvgIpc) is 1.84. The minimum absolute atomic E-state index is 0.111. The molecule has 1 aliphatic heterocycles. The van der Waals surface area contributed by atoms with Crippen molar-refractivity contribution in [1.82, 2.24) is 11.0 Å². The van der Waals surface area contributed by atoms with E-state index in [9.17, 15) is 0 Å². The van der Waals surface area contributed by atoms with Crippen LogP contribution in [-0.2, 0) is 4.84 Å². The molecular weight excluding hydrogens is 92.1 g/mol. The highest BCUT2D eigenvalue weighted by molar-refractivity contribution is 4.75. The molecule has 0 amide bonds. The summed E-state index contributed by atoms with van der Waals surface area (Å²) in [5.74, 6) is 0. The van der Waals surface area contributed by atoms with Crippen molar-refractivity contribution >= 4 is 0 Å². The van der Waals surface area contributed by atoms with Gasteiger partial charge in [-0.2, -0.15) is 0 Å². The van der Waals surface area contributed by atoms with Gasteiger partial charge in [0, 0.05) is 0 Å². The molecule has 3 heteroatoms. The normalized spacial score (nSPS) is 28.3. The fourth-order valence-electron chi connectivity index (χ4n) is 0.427. The first-order chi connectivity index (χ1) is 3.21. The summed E-state index contributed by atoms with van der Waals surface area (Å²) in [6.45, 7) is 4.85. The third kappa shape index (κ3) is 1.12. The molecule has 0 bridgehead atoms. The molecular formula is C4H10N2O. The third-order valence-corrected chi connectivity index (χ3v) is 0.895. The molecule has 0 aliphatic carbocycles. The van der Waals surface area contributed by atoms with E-state index >= 15 is 0 Å². The van der Waals surface area contributed by atoms with Gasteiger partial charge in [0.15, 0.2) is 0 Å². The summed E-state index contributed by atoms with van der Waals surface area (Å²) in [6, 6.07) is 0. The second-order valence-corrected chi connectivity index (χ2v) is 2.40. The minimum atomic E-state index is 0.111. The number of rotatable bonds is 0. The summed E-state index contributed by atoms with van der Waals surface area (Å²) in [7, 11) is 0. The van der Waals surface area contributed by atoms with Gasteiger partial charge in [0.25, 0.3) is 0 Å². The molecule has 0 spiro atoms. The summed E-state index contributed by atoms with van der Waals surface area (Å²) < 4.78 is 0. The third-order valence-electron chi connectivity index (χ3n) is 0.895. The zero-order chi connectivity index (χ0) is 5.33. The van der Waals surface area contributed by atoms with Crippen molar-refractivity contribution in [3.05, 3.63) is 0 Å². The zero-order valence-corrected chi connectivity index (χ0v) is 4.62. The lowest BCUT2D eigenvalue weighted by Gasteiger charge is -2.11. The molecule has 0 atom stereocenters. The van der Waals surface area contributed by atoms with Crippen molar-refractivity contribution in [2.24, 2.45) is 0 Å². The van der Waals surface area contributed by atoms with Crippen LogP contribution in [0.4, 0.5) is 0 Å². The maximum absolute atomic E-state index is 4.80. The zero-order valence-electron chi connectivity index (χ0n) is 4.62. The standard InChI is InChI=1S/C4H10N2O/c1-4(2)3-7-6-5-4/h5-6H,3H2,1-2H3. The Kier molecular flexibility index (Phi) is 1.03. The molecule has 0 unspecified atom stereocenters. The number of hydrogen-bond donors (Lipinski definition) is 2. The van der Waals surface area contributed by atoms with Crippen LogP contribution in [0.25, 0.3) is 0 Å². The van der Waals surface area contributed by atoms with Gasteiger partial charge in [0.05, 0.1) is 12.1 Å². The number of nitrogens with one attached hydrogen (secondary N) is 2. The topological polar surface area (TPSA) is 33.3 Å². The molecule has 0 aromatic carbocycles. The van der Waals surface area contributed by atoms with Gasteiger partial charge in [0.1, 0.15) is 0 Å². The molecule has 0 saturated carbocycles. The first kappa shape index (κ1) is 5.03. The van der Waals surface area contributed by atoms with Gasteiger partial charge in [0.2, 0.25) is 0 Å². The van der Waals surface area contributed by atoms with E-state index < -0.39 is 0 Å². The van der Waals surface area contributed by atoms with Crippen LogP contribution in [0, 0.1) is 0 Å². The molecule has 1 fully saturated rings. The maximum Gasteiger partial charge on any atom is 0.0888 e. The van der Waals surface area contributed by atoms with E-state index in [0.29, 0.717) is 0 Å². The summed E-state index contributed by atoms with van der Waals surface area (Å²) in [5, 5.41) is 0. The smallest absolute Gasteiger partial charge is 0.0888 e. The predicted octanol–water partition coefficient (Wildman–Crippen LogP) is -0.196. The molecule has 2 N–H and O–H groups in total. The van der Waals surface area contributed by atoms with Crippen molar-refractivity contribution in [1.29, 1.82) is 0 Å². The summed E-state index contributed by atoms with van der Waals surface area (Å²) >= 11 is 0. The van der Waals surface area contributed by atoms with E-state index in [1.54, 1.807) is 0 Å². The highest BCUT2D eigenvalue weighted by Crippen LogP contribution is 2.03. The Labute approximate surface area is 43.0 Å². The molecule has 1 heterocycles. The van der Waals surface area contributed by atoms with E-state index in [-0.39, 0.29) is 5.54 Å². The van der Waals surface area contributed by atoms with E-state index in [2.05, 4.69) is 24.9 Å². The van der Waals surface area contributed by atoms with Crippen molar-refractivity contribution in [2.45, 2.75) is 19.4 Å². The van der Waals surface area contributed by atoms with Gasteiger partial charge < -0.3 is 0 Å². The van der Waals surface area contributed by atoms with Crippen molar-refractivity contribution in [3.8, 4) is 0 Å². The molecule has 3 nitrogen and oxygen atoms in total. The van der Waals surface area contributed by atoms with Gasteiger partial charge >= 0.3 is 0 Å². The van der Waals surface area contributed by atoms with Crippen LogP contribution in [0.2, 0.25) is 0 Å². The van der Waals surface area contributed by atoms with Crippen LogP contribution in [-0.4, -0.2) is 12.1 Å². The highest BCUT2D eigenvalue weighted by atomic mass is 16.7. The lowest BCUT2D eigenvalue weighted by atomic mass is 10.1. The van der Waals surface area contributed by atoms with Crippen LogP contribution < -0.4 is 11.0 Å². The van der Waals surface area contributed by atoms with Gasteiger partial charge in [-0.05, 0) is 13.8 Å². The fourth-order valence-corrected chi connectivity index (χ4v) is 0.427. The quantitative estimate of drug-likeness (QED) is 0.444. The van der Waals surface area contributed by atoms with Crippen molar-refractivity contribution < 1.29 is 4.84 Å². The van der Waals surface area contributed by atoms with Gasteiger partial charge in [-0.25, -0.2) is 5.43 Å².